The molecule has 2 N–H and O–H groups in total. The molecule has 0 aromatic rings. The minimum atomic E-state index is -0.211. The summed E-state index contributed by atoms with van der Waals surface area (Å²) in [5.74, 6) is -0.211. The van der Waals surface area contributed by atoms with Crippen molar-refractivity contribution in [2.24, 2.45) is 5.73 Å². The number of hydrogen-bond acceptors (Lipinski definition) is 1. The largest absolute Gasteiger partial charge is 0.327 e. The monoisotopic (exact) mass is 89.1 g/mol. The van der Waals surface area contributed by atoms with Crippen molar-refractivity contribution < 1.29 is 4.39 Å². The zero-order chi connectivity index (χ0) is 4.99. The van der Waals surface area contributed by atoms with E-state index in [1.54, 1.807) is 0 Å². The average molecular weight is 89.1 g/mol. The predicted octanol–water partition coefficient (Wildman–Crippen LogP) is 0.818. The van der Waals surface area contributed by atoms with Crippen LogP contribution in [0.25, 0.3) is 0 Å². The fourth-order valence-corrected chi connectivity index (χ4v) is 0.162. The highest BCUT2D eigenvalue weighted by Gasteiger charge is 1.72. The summed E-state index contributed by atoms with van der Waals surface area (Å²) in [4.78, 5) is 0. The van der Waals surface area contributed by atoms with Crippen molar-refractivity contribution in [1.29, 1.82) is 0 Å². The van der Waals surface area contributed by atoms with Gasteiger partial charge in [-0.1, -0.05) is 0 Å². The second-order valence-electron chi connectivity index (χ2n) is 1.03. The molecule has 0 aliphatic rings. The summed E-state index contributed by atoms with van der Waals surface area (Å²) < 4.78 is 11.5. The summed E-state index contributed by atoms with van der Waals surface area (Å²) in [6.45, 7) is 1.66. The lowest BCUT2D eigenvalue weighted by molar-refractivity contribution is 0.636. The molecule has 0 saturated heterocycles. The van der Waals surface area contributed by atoms with Crippen molar-refractivity contribution in [3.05, 3.63) is 11.9 Å². The van der Waals surface area contributed by atoms with Crippen LogP contribution < -0.4 is 5.73 Å². The molecule has 0 saturated carbocycles. The van der Waals surface area contributed by atoms with Crippen molar-refractivity contribution in [2.75, 3.05) is 6.54 Å². The summed E-state index contributed by atoms with van der Waals surface area (Å²) in [5.41, 5.74) is 4.91. The molecule has 0 fully saturated rings. The fourth-order valence-electron chi connectivity index (χ4n) is 0.162. The van der Waals surface area contributed by atoms with Gasteiger partial charge in [0.1, 0.15) is 0 Å². The third-order valence-corrected chi connectivity index (χ3v) is 0.399. The van der Waals surface area contributed by atoms with Gasteiger partial charge in [-0.3, -0.25) is 0 Å². The van der Waals surface area contributed by atoms with Gasteiger partial charge in [0.05, 0.1) is 5.83 Å². The average Bonchev–Trinajstić information content (AvgIpc) is 1.35. The van der Waals surface area contributed by atoms with Gasteiger partial charge in [-0.05, 0) is 13.0 Å². The van der Waals surface area contributed by atoms with E-state index < -0.39 is 0 Å². The predicted molar refractivity (Wildman–Crippen MR) is 23.9 cm³/mol. The van der Waals surface area contributed by atoms with E-state index in [9.17, 15) is 4.39 Å². The standard InChI is InChI=1S/C4H8FN/c1-4(5)2-3-6/h2H,3,6H2,1H3/b4-2-. The van der Waals surface area contributed by atoms with Gasteiger partial charge in [0.2, 0.25) is 0 Å². The quantitative estimate of drug-likeness (QED) is 0.505. The molecule has 0 rings (SSSR count). The third kappa shape index (κ3) is 3.63. The molecule has 0 heterocycles. The zero-order valence-corrected chi connectivity index (χ0v) is 3.74. The Kier molecular flexibility index (Phi) is 2.67. The van der Waals surface area contributed by atoms with Crippen molar-refractivity contribution in [2.45, 2.75) is 6.92 Å². The Bertz CT molecular complexity index is 54.6. The molecule has 0 unspecified atom stereocenters. The molecule has 36 valence electrons. The smallest absolute Gasteiger partial charge is 0.0941 e. The maximum atomic E-state index is 11.5. The summed E-state index contributed by atoms with van der Waals surface area (Å²) >= 11 is 0. The van der Waals surface area contributed by atoms with Crippen molar-refractivity contribution >= 4 is 0 Å². The third-order valence-electron chi connectivity index (χ3n) is 0.399. The van der Waals surface area contributed by atoms with E-state index in [-0.39, 0.29) is 5.83 Å². The molecule has 6 heavy (non-hydrogen) atoms. The van der Waals surface area contributed by atoms with E-state index >= 15 is 0 Å². The first-order valence-electron chi connectivity index (χ1n) is 1.79. The Hall–Kier alpha value is -0.370. The van der Waals surface area contributed by atoms with E-state index in [0.717, 1.165) is 0 Å². The van der Waals surface area contributed by atoms with Gasteiger partial charge in [0, 0.05) is 6.54 Å². The molecular formula is C4H8FN. The summed E-state index contributed by atoms with van der Waals surface area (Å²) in [7, 11) is 0. The van der Waals surface area contributed by atoms with E-state index in [0.29, 0.717) is 6.54 Å². The molecule has 1 nitrogen and oxygen atoms in total. The van der Waals surface area contributed by atoms with Crippen LogP contribution in [0.3, 0.4) is 0 Å². The van der Waals surface area contributed by atoms with Gasteiger partial charge in [-0.15, -0.1) is 0 Å². The number of halogens is 1. The summed E-state index contributed by atoms with van der Waals surface area (Å²) in [5, 5.41) is 0. The maximum absolute atomic E-state index is 11.5. The van der Waals surface area contributed by atoms with Crippen molar-refractivity contribution in [3.8, 4) is 0 Å². The lowest BCUT2D eigenvalue weighted by Crippen LogP contribution is -1.92. The van der Waals surface area contributed by atoms with E-state index in [1.807, 2.05) is 0 Å². The maximum Gasteiger partial charge on any atom is 0.0941 e. The van der Waals surface area contributed by atoms with Gasteiger partial charge in [0.25, 0.3) is 0 Å². The Morgan fingerprint density at radius 3 is 2.50 bits per heavy atom. The van der Waals surface area contributed by atoms with Crippen LogP contribution in [-0.2, 0) is 0 Å². The Balaban J connectivity index is 3.14. The van der Waals surface area contributed by atoms with Crippen molar-refractivity contribution in [3.63, 3.8) is 0 Å². The first kappa shape index (κ1) is 5.63. The molecular weight excluding hydrogens is 81.0 g/mol. The second kappa shape index (κ2) is 2.85. The molecule has 0 aromatic heterocycles. The first-order chi connectivity index (χ1) is 2.77. The highest BCUT2D eigenvalue weighted by atomic mass is 19.1. The Labute approximate surface area is 36.6 Å². The highest BCUT2D eigenvalue weighted by molar-refractivity contribution is 4.86. The van der Waals surface area contributed by atoms with Crippen molar-refractivity contribution in [1.82, 2.24) is 0 Å². The lowest BCUT2D eigenvalue weighted by Gasteiger charge is -1.76. The van der Waals surface area contributed by atoms with E-state index in [1.165, 1.54) is 13.0 Å². The number of nitrogens with two attached hydrogens (primary N) is 1. The minimum absolute atomic E-state index is 0.211. The number of allylic oxidation sites excluding steroid dienone is 1. The molecule has 0 aliphatic carbocycles. The molecule has 0 atom stereocenters. The van der Waals surface area contributed by atoms with E-state index in [4.69, 9.17) is 5.73 Å². The van der Waals surface area contributed by atoms with Crippen LogP contribution in [0.2, 0.25) is 0 Å². The van der Waals surface area contributed by atoms with E-state index in [2.05, 4.69) is 0 Å². The van der Waals surface area contributed by atoms with Gasteiger partial charge < -0.3 is 5.73 Å². The molecule has 0 spiro atoms. The van der Waals surface area contributed by atoms with Crippen LogP contribution in [-0.4, -0.2) is 6.54 Å². The SMILES string of the molecule is C/C(F)=C/CN. The molecule has 0 radical (unpaired) electrons. The molecule has 0 bridgehead atoms. The highest BCUT2D eigenvalue weighted by Crippen LogP contribution is 1.87. The summed E-state index contributed by atoms with van der Waals surface area (Å²) in [6, 6.07) is 0. The number of rotatable bonds is 1. The lowest BCUT2D eigenvalue weighted by atomic mass is 10.5. The second-order valence-corrected chi connectivity index (χ2v) is 1.03. The number of hydrogen-bond donors (Lipinski definition) is 1. The van der Waals surface area contributed by atoms with Crippen LogP contribution in [0.4, 0.5) is 4.39 Å². The fraction of sp³-hybridized carbons (Fsp3) is 0.500. The van der Waals surface area contributed by atoms with Crippen LogP contribution in [0.5, 0.6) is 0 Å². The van der Waals surface area contributed by atoms with Crippen LogP contribution >= 0.6 is 0 Å². The molecule has 0 aromatic carbocycles. The first-order valence-corrected chi connectivity index (χ1v) is 1.79. The topological polar surface area (TPSA) is 26.0 Å². The Morgan fingerprint density at radius 1 is 2.00 bits per heavy atom. The van der Waals surface area contributed by atoms with Crippen LogP contribution in [0.1, 0.15) is 6.92 Å². The van der Waals surface area contributed by atoms with Crippen LogP contribution in [0.15, 0.2) is 11.9 Å². The van der Waals surface area contributed by atoms with Gasteiger partial charge in [0.15, 0.2) is 0 Å². The van der Waals surface area contributed by atoms with Gasteiger partial charge >= 0.3 is 0 Å². The molecule has 2 heteroatoms. The van der Waals surface area contributed by atoms with Crippen LogP contribution in [0, 0.1) is 0 Å². The Morgan fingerprint density at radius 2 is 2.50 bits per heavy atom. The molecule has 0 amide bonds. The zero-order valence-electron chi connectivity index (χ0n) is 3.74. The summed E-state index contributed by atoms with van der Waals surface area (Å²) in [6.07, 6.45) is 1.32. The molecule has 0 aliphatic heterocycles. The van der Waals surface area contributed by atoms with Gasteiger partial charge in [-0.2, -0.15) is 0 Å². The minimum Gasteiger partial charge on any atom is -0.327 e. The normalized spacial score (nSPS) is 12.2. The van der Waals surface area contributed by atoms with Gasteiger partial charge in [-0.25, -0.2) is 4.39 Å².